The zero-order chi connectivity index (χ0) is 17.8. The van der Waals surface area contributed by atoms with Gasteiger partial charge in [-0.3, -0.25) is 4.68 Å². The first kappa shape index (κ1) is 17.4. The van der Waals surface area contributed by atoms with Crippen molar-refractivity contribution in [1.29, 1.82) is 0 Å². The molecule has 5 nitrogen and oxygen atoms in total. The maximum atomic E-state index is 13.0. The highest BCUT2D eigenvalue weighted by molar-refractivity contribution is 5.75. The van der Waals surface area contributed by atoms with E-state index in [0.717, 1.165) is 24.1 Å². The van der Waals surface area contributed by atoms with Gasteiger partial charge in [0.2, 0.25) is 6.43 Å². The molecule has 25 heavy (non-hydrogen) atoms. The van der Waals surface area contributed by atoms with Crippen LogP contribution in [0.3, 0.4) is 0 Å². The Hall–Kier alpha value is -2.44. The van der Waals surface area contributed by atoms with Gasteiger partial charge in [0.25, 0.3) is 0 Å². The molecule has 7 heteroatoms. The fraction of sp³-hybridized carbons (Fsp3) is 0.444. The minimum absolute atomic E-state index is 0.314. The number of aryl methyl sites for hydroxylation is 1. The number of halogens is 2. The van der Waals surface area contributed by atoms with Crippen LogP contribution in [-0.2, 0) is 20.0 Å². The Balaban J connectivity index is 1.72. The lowest BCUT2D eigenvalue weighted by atomic mass is 10.0. The number of nitrogens with zero attached hydrogens (tertiary/aromatic N) is 3. The maximum Gasteiger partial charge on any atom is 0.318 e. The number of urea groups is 1. The molecule has 1 N–H and O–H groups in total. The second-order valence-corrected chi connectivity index (χ2v) is 6.30. The number of benzene rings is 1. The first-order valence-corrected chi connectivity index (χ1v) is 8.43. The molecule has 0 bridgehead atoms. The zero-order valence-corrected chi connectivity index (χ0v) is 14.2. The van der Waals surface area contributed by atoms with E-state index in [1.54, 1.807) is 35.4 Å². The van der Waals surface area contributed by atoms with Gasteiger partial charge in [0.1, 0.15) is 0 Å². The van der Waals surface area contributed by atoms with E-state index < -0.39 is 18.9 Å². The summed E-state index contributed by atoms with van der Waals surface area (Å²) >= 11 is 0. The molecule has 2 aromatic rings. The minimum Gasteiger partial charge on any atom is -0.331 e. The summed E-state index contributed by atoms with van der Waals surface area (Å²) in [6.45, 7) is 1.04. The van der Waals surface area contributed by atoms with Gasteiger partial charge < -0.3 is 10.2 Å². The van der Waals surface area contributed by atoms with Gasteiger partial charge in [0.15, 0.2) is 0 Å². The molecule has 0 saturated carbocycles. The Morgan fingerprint density at radius 2 is 2.08 bits per heavy atom. The summed E-state index contributed by atoms with van der Waals surface area (Å²) in [5.74, 6) is 0. The third-order valence-corrected chi connectivity index (χ3v) is 4.55. The van der Waals surface area contributed by atoms with Crippen LogP contribution in [0, 0.1) is 0 Å². The number of hydrogen-bond donors (Lipinski definition) is 1. The number of nitrogens with one attached hydrogen (secondary N) is 1. The average molecular weight is 348 g/mol. The number of alkyl halides is 2. The fourth-order valence-electron chi connectivity index (χ4n) is 3.24. The Morgan fingerprint density at radius 3 is 2.80 bits per heavy atom. The van der Waals surface area contributed by atoms with Crippen molar-refractivity contribution >= 4 is 6.03 Å². The van der Waals surface area contributed by atoms with E-state index in [-0.39, 0.29) is 6.03 Å². The Labute approximate surface area is 145 Å². The third kappa shape index (κ3) is 4.15. The predicted octanol–water partition coefficient (Wildman–Crippen LogP) is 3.27. The molecule has 134 valence electrons. The van der Waals surface area contributed by atoms with Crippen LogP contribution in [0.4, 0.5) is 13.6 Å². The van der Waals surface area contributed by atoms with Crippen molar-refractivity contribution in [1.82, 2.24) is 20.0 Å². The van der Waals surface area contributed by atoms with Crippen molar-refractivity contribution in [2.45, 2.75) is 38.3 Å². The van der Waals surface area contributed by atoms with Gasteiger partial charge in [-0.05, 0) is 18.4 Å². The second kappa shape index (κ2) is 7.63. The quantitative estimate of drug-likeness (QED) is 0.922. The zero-order valence-electron chi connectivity index (χ0n) is 14.2. The van der Waals surface area contributed by atoms with E-state index in [4.69, 9.17) is 0 Å². The van der Waals surface area contributed by atoms with Crippen LogP contribution in [0.25, 0.3) is 0 Å². The summed E-state index contributed by atoms with van der Waals surface area (Å²) in [5, 5.41) is 7.02. The standard InChI is InChI=1S/C18H22F2N4O/c1-23-16-8-5-9-24(12-14(16)11-21-23)18(25)22-15(10-17(19)20)13-6-3-2-4-7-13/h2-4,6-7,11,15,17H,5,8-10,12H2,1H3,(H,22,25)/t15-/m0/s1. The van der Waals surface area contributed by atoms with Crippen LogP contribution in [0.2, 0.25) is 0 Å². The van der Waals surface area contributed by atoms with Crippen molar-refractivity contribution in [3.05, 3.63) is 53.3 Å². The minimum atomic E-state index is -2.49. The molecule has 0 fully saturated rings. The molecule has 1 aliphatic rings. The van der Waals surface area contributed by atoms with Gasteiger partial charge >= 0.3 is 6.03 Å². The van der Waals surface area contributed by atoms with Crippen LogP contribution in [0.5, 0.6) is 0 Å². The number of fused-ring (bicyclic) bond motifs is 1. The van der Waals surface area contributed by atoms with Gasteiger partial charge in [-0.1, -0.05) is 30.3 Å². The van der Waals surface area contributed by atoms with Gasteiger partial charge in [0, 0.05) is 31.3 Å². The first-order chi connectivity index (χ1) is 12.0. The van der Waals surface area contributed by atoms with E-state index in [1.807, 2.05) is 17.8 Å². The number of aromatic nitrogens is 2. The van der Waals surface area contributed by atoms with Crippen LogP contribution < -0.4 is 5.32 Å². The summed E-state index contributed by atoms with van der Waals surface area (Å²) in [6.07, 6.45) is 0.565. The van der Waals surface area contributed by atoms with Crippen molar-refractivity contribution in [2.24, 2.45) is 7.05 Å². The predicted molar refractivity (Wildman–Crippen MR) is 90.3 cm³/mol. The van der Waals surface area contributed by atoms with E-state index in [1.165, 1.54) is 0 Å². The first-order valence-electron chi connectivity index (χ1n) is 8.43. The molecule has 0 saturated heterocycles. The smallest absolute Gasteiger partial charge is 0.318 e. The molecule has 0 radical (unpaired) electrons. The number of rotatable bonds is 4. The summed E-state index contributed by atoms with van der Waals surface area (Å²) < 4.78 is 27.7. The molecule has 3 rings (SSSR count). The summed E-state index contributed by atoms with van der Waals surface area (Å²) in [7, 11) is 1.89. The van der Waals surface area contributed by atoms with Gasteiger partial charge in [-0.25, -0.2) is 13.6 Å². The average Bonchev–Trinajstić information content (AvgIpc) is 2.82. The van der Waals surface area contributed by atoms with Crippen molar-refractivity contribution < 1.29 is 13.6 Å². The maximum absolute atomic E-state index is 13.0. The monoisotopic (exact) mass is 348 g/mol. The third-order valence-electron chi connectivity index (χ3n) is 4.55. The molecule has 0 aliphatic carbocycles. The lowest BCUT2D eigenvalue weighted by Gasteiger charge is -2.25. The number of carbonyl (C=O) groups is 1. The number of carbonyl (C=O) groups excluding carboxylic acids is 1. The highest BCUT2D eigenvalue weighted by atomic mass is 19.3. The van der Waals surface area contributed by atoms with Crippen LogP contribution in [-0.4, -0.2) is 33.7 Å². The topological polar surface area (TPSA) is 50.2 Å². The lowest BCUT2D eigenvalue weighted by Crippen LogP contribution is -2.41. The Kier molecular flexibility index (Phi) is 5.31. The summed E-state index contributed by atoms with van der Waals surface area (Å²) in [5.41, 5.74) is 2.83. The molecule has 2 amide bonds. The molecule has 1 aromatic carbocycles. The molecule has 0 spiro atoms. The molecule has 0 unspecified atom stereocenters. The van der Waals surface area contributed by atoms with Crippen LogP contribution >= 0.6 is 0 Å². The van der Waals surface area contributed by atoms with Crippen molar-refractivity contribution in [3.63, 3.8) is 0 Å². The summed E-state index contributed by atoms with van der Waals surface area (Å²) in [4.78, 5) is 14.4. The van der Waals surface area contributed by atoms with Gasteiger partial charge in [0.05, 0.1) is 18.8 Å². The van der Waals surface area contributed by atoms with Crippen molar-refractivity contribution in [2.75, 3.05) is 6.54 Å². The normalized spacial score (nSPS) is 15.6. The van der Waals surface area contributed by atoms with Crippen LogP contribution in [0.15, 0.2) is 36.5 Å². The molecule has 2 heterocycles. The molecule has 1 atom stereocenters. The lowest BCUT2D eigenvalue weighted by molar-refractivity contribution is 0.120. The van der Waals surface area contributed by atoms with Gasteiger partial charge in [-0.2, -0.15) is 5.10 Å². The van der Waals surface area contributed by atoms with E-state index in [2.05, 4.69) is 10.4 Å². The summed E-state index contributed by atoms with van der Waals surface area (Å²) in [6, 6.07) is 7.89. The van der Waals surface area contributed by atoms with Crippen LogP contribution in [0.1, 0.15) is 35.7 Å². The highest BCUT2D eigenvalue weighted by Crippen LogP contribution is 2.22. The largest absolute Gasteiger partial charge is 0.331 e. The molecule has 1 aromatic heterocycles. The molecule has 1 aliphatic heterocycles. The van der Waals surface area contributed by atoms with E-state index >= 15 is 0 Å². The fourth-order valence-corrected chi connectivity index (χ4v) is 3.24. The SMILES string of the molecule is Cn1ncc2c1CCCN(C(=O)N[C@@H](CC(F)F)c1ccccc1)C2. The van der Waals surface area contributed by atoms with E-state index in [9.17, 15) is 13.6 Å². The Morgan fingerprint density at radius 1 is 1.32 bits per heavy atom. The number of hydrogen-bond acceptors (Lipinski definition) is 2. The molecular formula is C18H22F2N4O. The molecular weight excluding hydrogens is 326 g/mol. The second-order valence-electron chi connectivity index (χ2n) is 6.30. The van der Waals surface area contributed by atoms with E-state index in [0.29, 0.717) is 18.7 Å². The highest BCUT2D eigenvalue weighted by Gasteiger charge is 2.25. The van der Waals surface area contributed by atoms with Crippen molar-refractivity contribution in [3.8, 4) is 0 Å². The Bertz CT molecular complexity index is 717. The number of amides is 2. The van der Waals surface area contributed by atoms with Gasteiger partial charge in [-0.15, -0.1) is 0 Å².